The Labute approximate surface area is 155 Å². The minimum Gasteiger partial charge on any atom is -0.348 e. The van der Waals surface area contributed by atoms with Gasteiger partial charge >= 0.3 is 0 Å². The summed E-state index contributed by atoms with van der Waals surface area (Å²) < 4.78 is 18.1. The van der Waals surface area contributed by atoms with E-state index in [1.54, 1.807) is 10.7 Å². The first-order valence-corrected chi connectivity index (χ1v) is 9.07. The van der Waals surface area contributed by atoms with Crippen LogP contribution in [0.15, 0.2) is 57.7 Å². The molecule has 0 radical (unpaired) electrons. The molecule has 0 saturated carbocycles. The van der Waals surface area contributed by atoms with Crippen LogP contribution in [0.1, 0.15) is 29.6 Å². The number of halogens is 3. The van der Waals surface area contributed by atoms with Gasteiger partial charge in [-0.15, -0.1) is 0 Å². The van der Waals surface area contributed by atoms with Gasteiger partial charge in [0.2, 0.25) is 5.95 Å². The van der Waals surface area contributed by atoms with Crippen LogP contribution in [0.3, 0.4) is 0 Å². The highest BCUT2D eigenvalue weighted by Gasteiger charge is 2.31. The minimum absolute atomic E-state index is 0.0400. The van der Waals surface area contributed by atoms with Gasteiger partial charge in [0.05, 0.1) is 12.1 Å². The fourth-order valence-corrected chi connectivity index (χ4v) is 3.71. The quantitative estimate of drug-likeness (QED) is 0.590. The number of benzene rings is 2. The van der Waals surface area contributed by atoms with Crippen molar-refractivity contribution in [2.75, 3.05) is 5.32 Å². The number of nitrogens with one attached hydrogen (secondary N) is 1. The molecule has 24 heavy (non-hydrogen) atoms. The maximum atomic E-state index is 14.4. The van der Waals surface area contributed by atoms with Gasteiger partial charge < -0.3 is 5.32 Å². The molecule has 0 fully saturated rings. The molecule has 2 atom stereocenters. The lowest BCUT2D eigenvalue weighted by Gasteiger charge is -2.32. The molecule has 7 heteroatoms. The summed E-state index contributed by atoms with van der Waals surface area (Å²) in [5.74, 6) is 0.416. The summed E-state index contributed by atoms with van der Waals surface area (Å²) in [5, 5.41) is 7.67. The molecule has 1 aromatic heterocycles. The Morgan fingerprint density at radius 1 is 1.08 bits per heavy atom. The second kappa shape index (κ2) is 6.29. The van der Waals surface area contributed by atoms with E-state index in [2.05, 4.69) is 59.4 Å². The van der Waals surface area contributed by atoms with Crippen LogP contribution in [0.4, 0.5) is 10.3 Å². The molecule has 0 bridgehead atoms. The van der Waals surface area contributed by atoms with Crippen molar-refractivity contribution in [2.45, 2.75) is 18.5 Å². The van der Waals surface area contributed by atoms with Crippen molar-refractivity contribution in [1.29, 1.82) is 0 Å². The molecule has 1 aliphatic heterocycles. The summed E-state index contributed by atoms with van der Waals surface area (Å²) in [6.07, 6.45) is 2.18. The van der Waals surface area contributed by atoms with Crippen LogP contribution in [0, 0.1) is 5.82 Å². The zero-order valence-corrected chi connectivity index (χ0v) is 15.6. The Balaban J connectivity index is 1.76. The van der Waals surface area contributed by atoms with Crippen molar-refractivity contribution in [1.82, 2.24) is 14.8 Å². The van der Waals surface area contributed by atoms with Crippen molar-refractivity contribution in [2.24, 2.45) is 0 Å². The van der Waals surface area contributed by atoms with Gasteiger partial charge in [0.1, 0.15) is 12.1 Å². The molecule has 2 unspecified atom stereocenters. The third-order valence-electron chi connectivity index (χ3n) is 4.22. The smallest absolute Gasteiger partial charge is 0.222 e. The SMILES string of the molecule is Fc1ccc(Br)cc1C1CC(c2ccc(Br)cc2)Nc2ncnn21. The van der Waals surface area contributed by atoms with Crippen LogP contribution in [-0.4, -0.2) is 14.8 Å². The van der Waals surface area contributed by atoms with E-state index in [4.69, 9.17) is 0 Å². The first kappa shape index (κ1) is 15.8. The van der Waals surface area contributed by atoms with Crippen molar-refractivity contribution in [3.63, 3.8) is 0 Å². The predicted molar refractivity (Wildman–Crippen MR) is 97.4 cm³/mol. The molecule has 1 N–H and O–H groups in total. The van der Waals surface area contributed by atoms with Gasteiger partial charge in [0.15, 0.2) is 0 Å². The van der Waals surface area contributed by atoms with Crippen molar-refractivity contribution in [3.05, 3.63) is 74.7 Å². The van der Waals surface area contributed by atoms with Crippen LogP contribution < -0.4 is 5.32 Å². The molecule has 0 amide bonds. The maximum absolute atomic E-state index is 14.4. The molecule has 0 aliphatic carbocycles. The summed E-state index contributed by atoms with van der Waals surface area (Å²) in [6.45, 7) is 0. The molecule has 4 rings (SSSR count). The van der Waals surface area contributed by atoms with Crippen LogP contribution in [0.5, 0.6) is 0 Å². The van der Waals surface area contributed by atoms with Gasteiger partial charge in [-0.05, 0) is 42.3 Å². The summed E-state index contributed by atoms with van der Waals surface area (Å²) in [7, 11) is 0. The van der Waals surface area contributed by atoms with E-state index in [1.165, 1.54) is 12.4 Å². The zero-order chi connectivity index (χ0) is 16.7. The molecule has 0 spiro atoms. The van der Waals surface area contributed by atoms with E-state index in [0.717, 1.165) is 14.5 Å². The van der Waals surface area contributed by atoms with Crippen LogP contribution >= 0.6 is 31.9 Å². The van der Waals surface area contributed by atoms with E-state index in [-0.39, 0.29) is 17.9 Å². The first-order chi connectivity index (χ1) is 11.6. The number of rotatable bonds is 2. The monoisotopic (exact) mass is 450 g/mol. The molecule has 3 aromatic rings. The standard InChI is InChI=1S/C17H13Br2FN4/c18-11-3-1-10(2-4-11)15-8-16(24-17(23-15)21-9-22-24)13-7-12(19)5-6-14(13)20/h1-7,9,15-16H,8H2,(H,21,22,23). The van der Waals surface area contributed by atoms with Crippen LogP contribution in [0.25, 0.3) is 0 Å². The van der Waals surface area contributed by atoms with Gasteiger partial charge in [-0.2, -0.15) is 10.1 Å². The second-order valence-corrected chi connectivity index (χ2v) is 7.53. The Morgan fingerprint density at radius 3 is 2.62 bits per heavy atom. The van der Waals surface area contributed by atoms with E-state index < -0.39 is 0 Å². The molecule has 2 heterocycles. The summed E-state index contributed by atoms with van der Waals surface area (Å²) >= 11 is 6.88. The number of hydrogen-bond donors (Lipinski definition) is 1. The van der Waals surface area contributed by atoms with E-state index in [1.807, 2.05) is 18.2 Å². The van der Waals surface area contributed by atoms with Gasteiger partial charge in [0.25, 0.3) is 0 Å². The fraction of sp³-hybridized carbons (Fsp3) is 0.176. The summed E-state index contributed by atoms with van der Waals surface area (Å²) in [4.78, 5) is 4.28. The predicted octanol–water partition coefficient (Wildman–Crippen LogP) is 5.09. The Morgan fingerprint density at radius 2 is 1.83 bits per heavy atom. The molecule has 1 aliphatic rings. The number of hydrogen-bond acceptors (Lipinski definition) is 3. The molecular formula is C17H13Br2FN4. The molecule has 2 aromatic carbocycles. The van der Waals surface area contributed by atoms with Gasteiger partial charge in [-0.3, -0.25) is 0 Å². The topological polar surface area (TPSA) is 42.7 Å². The Hall–Kier alpha value is -1.73. The van der Waals surface area contributed by atoms with Gasteiger partial charge in [-0.25, -0.2) is 9.07 Å². The summed E-state index contributed by atoms with van der Waals surface area (Å²) in [6, 6.07) is 12.9. The lowest BCUT2D eigenvalue weighted by molar-refractivity contribution is 0.415. The van der Waals surface area contributed by atoms with E-state index in [0.29, 0.717) is 17.9 Å². The second-order valence-electron chi connectivity index (χ2n) is 5.69. The number of fused-ring (bicyclic) bond motifs is 1. The molecule has 122 valence electrons. The Kier molecular flexibility index (Phi) is 4.14. The lowest BCUT2D eigenvalue weighted by atomic mass is 9.93. The highest BCUT2D eigenvalue weighted by Crippen LogP contribution is 2.38. The van der Waals surface area contributed by atoms with Crippen molar-refractivity contribution < 1.29 is 4.39 Å². The third kappa shape index (κ3) is 2.86. The van der Waals surface area contributed by atoms with Gasteiger partial charge in [0, 0.05) is 14.5 Å². The van der Waals surface area contributed by atoms with Gasteiger partial charge in [-0.1, -0.05) is 44.0 Å². The fourth-order valence-electron chi connectivity index (χ4n) is 3.06. The minimum atomic E-state index is -0.235. The largest absolute Gasteiger partial charge is 0.348 e. The van der Waals surface area contributed by atoms with E-state index in [9.17, 15) is 4.39 Å². The lowest BCUT2D eigenvalue weighted by Crippen LogP contribution is -2.28. The number of aromatic nitrogens is 3. The molecule has 4 nitrogen and oxygen atoms in total. The Bertz CT molecular complexity index is 879. The normalized spacial score (nSPS) is 19.6. The molecule has 0 saturated heterocycles. The average molecular weight is 452 g/mol. The average Bonchev–Trinajstić information content (AvgIpc) is 3.05. The van der Waals surface area contributed by atoms with Crippen LogP contribution in [-0.2, 0) is 0 Å². The summed E-state index contributed by atoms with van der Waals surface area (Å²) in [5.41, 5.74) is 1.74. The van der Waals surface area contributed by atoms with Crippen LogP contribution in [0.2, 0.25) is 0 Å². The highest BCUT2D eigenvalue weighted by molar-refractivity contribution is 9.10. The zero-order valence-electron chi connectivity index (χ0n) is 12.5. The van der Waals surface area contributed by atoms with Crippen molar-refractivity contribution >= 4 is 37.8 Å². The number of anilines is 1. The first-order valence-electron chi connectivity index (χ1n) is 7.48. The van der Waals surface area contributed by atoms with Crippen molar-refractivity contribution in [3.8, 4) is 0 Å². The maximum Gasteiger partial charge on any atom is 0.222 e. The third-order valence-corrected chi connectivity index (χ3v) is 5.24. The highest BCUT2D eigenvalue weighted by atomic mass is 79.9. The van der Waals surface area contributed by atoms with E-state index >= 15 is 0 Å². The number of nitrogens with zero attached hydrogens (tertiary/aromatic N) is 3. The molecular weight excluding hydrogens is 439 g/mol.